The van der Waals surface area contributed by atoms with Gasteiger partial charge in [0.15, 0.2) is 0 Å². The molecule has 0 amide bonds. The summed E-state index contributed by atoms with van der Waals surface area (Å²) in [6.45, 7) is 1.90. The summed E-state index contributed by atoms with van der Waals surface area (Å²) >= 11 is 0. The maximum Gasteiger partial charge on any atom is 0.148 e. The standard InChI is InChI=1S/C10H11N3O/c1-6-9(12-13-10(6)11)7-2-4-8(14)5-3-7/h2-5,14H,1H3,(H3,11,12,13). The SMILES string of the molecule is Cc1c(N)n[nH]c1-c1ccc(O)cc1. The number of benzene rings is 1. The van der Waals surface area contributed by atoms with Gasteiger partial charge in [-0.05, 0) is 31.2 Å². The van der Waals surface area contributed by atoms with Crippen LogP contribution in [-0.2, 0) is 0 Å². The first-order valence-electron chi connectivity index (χ1n) is 4.28. The normalized spacial score (nSPS) is 10.4. The minimum atomic E-state index is 0.249. The van der Waals surface area contributed by atoms with Gasteiger partial charge in [-0.3, -0.25) is 5.10 Å². The van der Waals surface area contributed by atoms with Crippen LogP contribution in [0.15, 0.2) is 24.3 Å². The summed E-state index contributed by atoms with van der Waals surface area (Å²) in [6.07, 6.45) is 0. The average molecular weight is 189 g/mol. The molecule has 1 aromatic carbocycles. The Bertz CT molecular complexity index is 445. The summed E-state index contributed by atoms with van der Waals surface area (Å²) in [4.78, 5) is 0. The molecular formula is C10H11N3O. The first-order chi connectivity index (χ1) is 6.68. The van der Waals surface area contributed by atoms with Crippen molar-refractivity contribution in [2.45, 2.75) is 6.92 Å². The van der Waals surface area contributed by atoms with Gasteiger partial charge in [0.1, 0.15) is 11.6 Å². The Morgan fingerprint density at radius 2 is 1.93 bits per heavy atom. The molecule has 72 valence electrons. The second kappa shape index (κ2) is 3.06. The monoisotopic (exact) mass is 189 g/mol. The van der Waals surface area contributed by atoms with Crippen molar-refractivity contribution in [3.63, 3.8) is 0 Å². The lowest BCUT2D eigenvalue weighted by Gasteiger charge is -1.99. The maximum absolute atomic E-state index is 9.13. The fourth-order valence-corrected chi connectivity index (χ4v) is 1.32. The topological polar surface area (TPSA) is 74.9 Å². The Morgan fingerprint density at radius 3 is 2.43 bits per heavy atom. The molecule has 0 unspecified atom stereocenters. The fourth-order valence-electron chi connectivity index (χ4n) is 1.32. The molecule has 1 heterocycles. The zero-order valence-electron chi connectivity index (χ0n) is 7.78. The molecular weight excluding hydrogens is 178 g/mol. The number of nitrogens with one attached hydrogen (secondary N) is 1. The molecule has 14 heavy (non-hydrogen) atoms. The average Bonchev–Trinajstić information content (AvgIpc) is 2.50. The number of hydrogen-bond acceptors (Lipinski definition) is 3. The summed E-state index contributed by atoms with van der Waals surface area (Å²) in [5, 5.41) is 15.9. The molecule has 0 aliphatic heterocycles. The third-order valence-electron chi connectivity index (χ3n) is 2.20. The van der Waals surface area contributed by atoms with Crippen LogP contribution in [0, 0.1) is 6.92 Å². The second-order valence-corrected chi connectivity index (χ2v) is 3.16. The molecule has 0 spiro atoms. The predicted octanol–water partition coefficient (Wildman–Crippen LogP) is 1.67. The van der Waals surface area contributed by atoms with Crippen molar-refractivity contribution < 1.29 is 5.11 Å². The van der Waals surface area contributed by atoms with Crippen molar-refractivity contribution in [3.8, 4) is 17.0 Å². The van der Waals surface area contributed by atoms with E-state index < -0.39 is 0 Å². The number of hydrogen-bond donors (Lipinski definition) is 3. The molecule has 0 radical (unpaired) electrons. The quantitative estimate of drug-likeness (QED) is 0.638. The molecule has 2 aromatic rings. The van der Waals surface area contributed by atoms with E-state index in [-0.39, 0.29) is 5.75 Å². The molecule has 0 aliphatic carbocycles. The molecule has 0 saturated carbocycles. The molecule has 0 aliphatic rings. The molecule has 4 heteroatoms. The Labute approximate surface area is 81.4 Å². The van der Waals surface area contributed by atoms with Gasteiger partial charge in [-0.15, -0.1) is 0 Å². The largest absolute Gasteiger partial charge is 0.508 e. The number of rotatable bonds is 1. The summed E-state index contributed by atoms with van der Waals surface area (Å²) in [5.74, 6) is 0.756. The number of nitrogens with two attached hydrogens (primary N) is 1. The lowest BCUT2D eigenvalue weighted by molar-refractivity contribution is 0.475. The maximum atomic E-state index is 9.13. The van der Waals surface area contributed by atoms with E-state index in [0.29, 0.717) is 5.82 Å². The van der Waals surface area contributed by atoms with Gasteiger partial charge < -0.3 is 10.8 Å². The van der Waals surface area contributed by atoms with Gasteiger partial charge in [-0.2, -0.15) is 5.10 Å². The number of aromatic nitrogens is 2. The molecule has 2 rings (SSSR count). The van der Waals surface area contributed by atoms with Crippen LogP contribution < -0.4 is 5.73 Å². The van der Waals surface area contributed by atoms with Crippen LogP contribution in [-0.4, -0.2) is 15.3 Å². The van der Waals surface area contributed by atoms with Crippen molar-refractivity contribution in [2.24, 2.45) is 0 Å². The van der Waals surface area contributed by atoms with Gasteiger partial charge in [-0.1, -0.05) is 0 Å². The van der Waals surface area contributed by atoms with Crippen molar-refractivity contribution in [1.29, 1.82) is 0 Å². The zero-order chi connectivity index (χ0) is 10.1. The van der Waals surface area contributed by atoms with Crippen LogP contribution in [0.25, 0.3) is 11.3 Å². The lowest BCUT2D eigenvalue weighted by atomic mass is 10.1. The van der Waals surface area contributed by atoms with Crippen LogP contribution in [0.1, 0.15) is 5.56 Å². The van der Waals surface area contributed by atoms with Gasteiger partial charge in [0.05, 0.1) is 5.69 Å². The third kappa shape index (κ3) is 1.31. The second-order valence-electron chi connectivity index (χ2n) is 3.16. The highest BCUT2D eigenvalue weighted by molar-refractivity contribution is 5.67. The minimum absolute atomic E-state index is 0.249. The third-order valence-corrected chi connectivity index (χ3v) is 2.20. The molecule has 1 aromatic heterocycles. The molecule has 0 bridgehead atoms. The van der Waals surface area contributed by atoms with E-state index in [1.807, 2.05) is 19.1 Å². The van der Waals surface area contributed by atoms with E-state index in [9.17, 15) is 0 Å². The van der Waals surface area contributed by atoms with E-state index in [2.05, 4.69) is 10.2 Å². The van der Waals surface area contributed by atoms with Crippen LogP contribution in [0.5, 0.6) is 5.75 Å². The van der Waals surface area contributed by atoms with Gasteiger partial charge in [-0.25, -0.2) is 0 Å². The van der Waals surface area contributed by atoms with E-state index in [0.717, 1.165) is 16.8 Å². The molecule has 0 saturated heterocycles. The number of aromatic amines is 1. The van der Waals surface area contributed by atoms with E-state index in [4.69, 9.17) is 10.8 Å². The number of nitrogen functional groups attached to an aromatic ring is 1. The highest BCUT2D eigenvalue weighted by Gasteiger charge is 2.07. The smallest absolute Gasteiger partial charge is 0.148 e. The minimum Gasteiger partial charge on any atom is -0.508 e. The fraction of sp³-hybridized carbons (Fsp3) is 0.100. The number of H-pyrrole nitrogens is 1. The van der Waals surface area contributed by atoms with Gasteiger partial charge in [0, 0.05) is 11.1 Å². The zero-order valence-corrected chi connectivity index (χ0v) is 7.78. The summed E-state index contributed by atoms with van der Waals surface area (Å²) in [5.41, 5.74) is 8.40. The van der Waals surface area contributed by atoms with Crippen LogP contribution in [0.3, 0.4) is 0 Å². The number of anilines is 1. The van der Waals surface area contributed by atoms with Gasteiger partial charge in [0.2, 0.25) is 0 Å². The number of phenols is 1. The van der Waals surface area contributed by atoms with Crippen molar-refractivity contribution in [2.75, 3.05) is 5.73 Å². The van der Waals surface area contributed by atoms with Gasteiger partial charge in [0.25, 0.3) is 0 Å². The van der Waals surface area contributed by atoms with E-state index >= 15 is 0 Å². The molecule has 4 nitrogen and oxygen atoms in total. The summed E-state index contributed by atoms with van der Waals surface area (Å²) < 4.78 is 0. The Morgan fingerprint density at radius 1 is 1.29 bits per heavy atom. The van der Waals surface area contributed by atoms with Crippen LogP contribution >= 0.6 is 0 Å². The summed E-state index contributed by atoms with van der Waals surface area (Å²) in [7, 11) is 0. The molecule has 4 N–H and O–H groups in total. The Kier molecular flexibility index (Phi) is 1.89. The predicted molar refractivity (Wildman–Crippen MR) is 54.8 cm³/mol. The summed E-state index contributed by atoms with van der Waals surface area (Å²) in [6, 6.07) is 6.89. The van der Waals surface area contributed by atoms with Crippen LogP contribution in [0.4, 0.5) is 5.82 Å². The lowest BCUT2D eigenvalue weighted by Crippen LogP contribution is -1.86. The van der Waals surface area contributed by atoms with Crippen molar-refractivity contribution in [3.05, 3.63) is 29.8 Å². The number of nitrogens with zero attached hydrogens (tertiary/aromatic N) is 1. The highest BCUT2D eigenvalue weighted by atomic mass is 16.3. The Hall–Kier alpha value is -1.97. The molecule has 0 fully saturated rings. The first kappa shape index (κ1) is 8.62. The number of phenolic OH excluding ortho intramolecular Hbond substituents is 1. The van der Waals surface area contributed by atoms with E-state index in [1.165, 1.54) is 0 Å². The van der Waals surface area contributed by atoms with Gasteiger partial charge >= 0.3 is 0 Å². The Balaban J connectivity index is 2.49. The molecule has 0 atom stereocenters. The van der Waals surface area contributed by atoms with Crippen molar-refractivity contribution in [1.82, 2.24) is 10.2 Å². The van der Waals surface area contributed by atoms with E-state index in [1.54, 1.807) is 12.1 Å². The van der Waals surface area contributed by atoms with Crippen molar-refractivity contribution >= 4 is 5.82 Å². The first-order valence-corrected chi connectivity index (χ1v) is 4.28. The highest BCUT2D eigenvalue weighted by Crippen LogP contribution is 2.25. The number of aromatic hydroxyl groups is 1. The van der Waals surface area contributed by atoms with Crippen LogP contribution in [0.2, 0.25) is 0 Å².